The Hall–Kier alpha value is -0.740. The van der Waals surface area contributed by atoms with Gasteiger partial charge in [-0.1, -0.05) is 30.5 Å². The second-order valence-electron chi connectivity index (χ2n) is 4.49. The van der Waals surface area contributed by atoms with Crippen molar-refractivity contribution in [3.63, 3.8) is 0 Å². The molecule has 0 heterocycles. The summed E-state index contributed by atoms with van der Waals surface area (Å²) in [7, 11) is -3.50. The Morgan fingerprint density at radius 1 is 1.29 bits per heavy atom. The molecule has 1 aliphatic carbocycles. The van der Waals surface area contributed by atoms with Crippen molar-refractivity contribution in [2.24, 2.45) is 0 Å². The summed E-state index contributed by atoms with van der Waals surface area (Å²) in [4.78, 5) is -0.0916. The van der Waals surface area contributed by atoms with Gasteiger partial charge in [0, 0.05) is 0 Å². The van der Waals surface area contributed by atoms with Gasteiger partial charge in [0.2, 0.25) is 0 Å². The summed E-state index contributed by atoms with van der Waals surface area (Å²) in [5, 5.41) is 9.63. The normalized spacial score (nSPS) is 17.5. The number of sulfone groups is 1. The van der Waals surface area contributed by atoms with Crippen LogP contribution in [0.2, 0.25) is 5.02 Å². The lowest BCUT2D eigenvalue weighted by Crippen LogP contribution is -2.18. The van der Waals surface area contributed by atoms with E-state index in [1.165, 1.54) is 6.07 Å². The molecule has 0 amide bonds. The monoisotopic (exact) mass is 274 g/mol. The predicted molar refractivity (Wildman–Crippen MR) is 67.3 cm³/mol. The number of hydrogen-bond acceptors (Lipinski definition) is 3. The van der Waals surface area contributed by atoms with E-state index >= 15 is 0 Å². The van der Waals surface area contributed by atoms with Crippen LogP contribution in [0.15, 0.2) is 17.0 Å². The topological polar surface area (TPSA) is 54.4 Å². The molecular weight excluding hydrogens is 260 g/mol. The Balaban J connectivity index is 2.56. The second-order valence-corrected chi connectivity index (χ2v) is 7.07. The number of halogens is 1. The molecule has 0 aromatic heterocycles. The van der Waals surface area contributed by atoms with Crippen molar-refractivity contribution in [2.45, 2.75) is 42.8 Å². The molecule has 2 rings (SSSR count). The molecule has 0 unspecified atom stereocenters. The number of aryl methyl sites for hydroxylation is 1. The van der Waals surface area contributed by atoms with E-state index in [0.717, 1.165) is 12.8 Å². The maximum atomic E-state index is 12.4. The standard InChI is InChI=1S/C12H15ClO3S/c1-8-6-7-10(13)12(11(8)14)17(15,16)9-4-2-3-5-9/h6-7,9,14H,2-5H2,1H3. The summed E-state index contributed by atoms with van der Waals surface area (Å²) >= 11 is 5.93. The molecule has 17 heavy (non-hydrogen) atoms. The molecule has 1 fully saturated rings. The molecule has 94 valence electrons. The van der Waals surface area contributed by atoms with Crippen LogP contribution in [-0.2, 0) is 9.84 Å². The summed E-state index contributed by atoms with van der Waals surface area (Å²) in [6.45, 7) is 1.67. The highest BCUT2D eigenvalue weighted by Gasteiger charge is 2.34. The highest BCUT2D eigenvalue weighted by Crippen LogP contribution is 2.39. The molecule has 3 nitrogen and oxygen atoms in total. The summed E-state index contributed by atoms with van der Waals surface area (Å²) in [5.41, 5.74) is 0.533. The molecule has 1 N–H and O–H groups in total. The summed E-state index contributed by atoms with van der Waals surface area (Å²) in [5.74, 6) is -0.204. The minimum absolute atomic E-state index is 0.0916. The van der Waals surface area contributed by atoms with Gasteiger partial charge in [-0.15, -0.1) is 0 Å². The Bertz CT molecular complexity index is 531. The van der Waals surface area contributed by atoms with Crippen LogP contribution in [0, 0.1) is 6.92 Å². The number of benzene rings is 1. The van der Waals surface area contributed by atoms with E-state index in [4.69, 9.17) is 11.6 Å². The average molecular weight is 275 g/mol. The molecule has 5 heteroatoms. The van der Waals surface area contributed by atoms with Gasteiger partial charge < -0.3 is 5.11 Å². The average Bonchev–Trinajstić information content (AvgIpc) is 2.77. The summed E-state index contributed by atoms with van der Waals surface area (Å²) < 4.78 is 24.8. The Kier molecular flexibility index (Phi) is 3.36. The van der Waals surface area contributed by atoms with Gasteiger partial charge in [-0.25, -0.2) is 8.42 Å². The Morgan fingerprint density at radius 2 is 1.88 bits per heavy atom. The molecule has 0 atom stereocenters. The Labute approximate surface area is 106 Å². The second kappa shape index (κ2) is 4.50. The maximum Gasteiger partial charge on any atom is 0.186 e. The smallest absolute Gasteiger partial charge is 0.186 e. The first-order chi connectivity index (χ1) is 7.94. The highest BCUT2D eigenvalue weighted by atomic mass is 35.5. The van der Waals surface area contributed by atoms with Crippen LogP contribution >= 0.6 is 11.6 Å². The van der Waals surface area contributed by atoms with Gasteiger partial charge in [0.1, 0.15) is 10.6 Å². The molecule has 1 aromatic rings. The van der Waals surface area contributed by atoms with Crippen molar-refractivity contribution >= 4 is 21.4 Å². The van der Waals surface area contributed by atoms with E-state index in [1.807, 2.05) is 0 Å². The van der Waals surface area contributed by atoms with Gasteiger partial charge in [-0.3, -0.25) is 0 Å². The zero-order valence-corrected chi connectivity index (χ0v) is 11.2. The largest absolute Gasteiger partial charge is 0.506 e. The fraction of sp³-hybridized carbons (Fsp3) is 0.500. The molecule has 0 bridgehead atoms. The summed E-state index contributed by atoms with van der Waals surface area (Å²) in [6.07, 6.45) is 3.17. The molecular formula is C12H15ClO3S. The highest BCUT2D eigenvalue weighted by molar-refractivity contribution is 7.92. The lowest BCUT2D eigenvalue weighted by molar-refractivity contribution is 0.453. The van der Waals surface area contributed by atoms with Crippen molar-refractivity contribution in [2.75, 3.05) is 0 Å². The molecule has 0 radical (unpaired) electrons. The van der Waals surface area contributed by atoms with E-state index in [1.54, 1.807) is 13.0 Å². The lowest BCUT2D eigenvalue weighted by Gasteiger charge is -2.15. The number of phenolic OH excluding ortho intramolecular Hbond substituents is 1. The van der Waals surface area contributed by atoms with Crippen molar-refractivity contribution in [1.29, 1.82) is 0 Å². The van der Waals surface area contributed by atoms with Gasteiger partial charge in [-0.05, 0) is 31.4 Å². The van der Waals surface area contributed by atoms with E-state index in [2.05, 4.69) is 0 Å². The minimum atomic E-state index is -3.50. The molecule has 0 aliphatic heterocycles. The van der Waals surface area contributed by atoms with Gasteiger partial charge in [0.25, 0.3) is 0 Å². The number of aromatic hydroxyl groups is 1. The van der Waals surface area contributed by atoms with Crippen molar-refractivity contribution in [3.05, 3.63) is 22.7 Å². The first-order valence-corrected chi connectivity index (χ1v) is 7.59. The van der Waals surface area contributed by atoms with Crippen LogP contribution in [0.25, 0.3) is 0 Å². The first kappa shape index (κ1) is 12.7. The third-order valence-corrected chi connectivity index (χ3v) is 6.07. The van der Waals surface area contributed by atoms with E-state index in [-0.39, 0.29) is 15.7 Å². The van der Waals surface area contributed by atoms with Crippen molar-refractivity contribution < 1.29 is 13.5 Å². The molecule has 0 saturated heterocycles. The third kappa shape index (κ3) is 2.16. The van der Waals surface area contributed by atoms with Crippen LogP contribution in [0.1, 0.15) is 31.2 Å². The van der Waals surface area contributed by atoms with Gasteiger partial charge in [-0.2, -0.15) is 0 Å². The van der Waals surface area contributed by atoms with E-state index in [0.29, 0.717) is 18.4 Å². The van der Waals surface area contributed by atoms with Crippen LogP contribution in [0.3, 0.4) is 0 Å². The van der Waals surface area contributed by atoms with Crippen LogP contribution < -0.4 is 0 Å². The van der Waals surface area contributed by atoms with Crippen LogP contribution in [0.4, 0.5) is 0 Å². The number of rotatable bonds is 2. The van der Waals surface area contributed by atoms with Gasteiger partial charge in [0.15, 0.2) is 9.84 Å². The Morgan fingerprint density at radius 3 is 2.47 bits per heavy atom. The lowest BCUT2D eigenvalue weighted by atomic mass is 10.2. The predicted octanol–water partition coefficient (Wildman–Crippen LogP) is 3.07. The molecule has 1 aliphatic rings. The zero-order chi connectivity index (χ0) is 12.6. The van der Waals surface area contributed by atoms with E-state index in [9.17, 15) is 13.5 Å². The zero-order valence-electron chi connectivity index (χ0n) is 9.61. The van der Waals surface area contributed by atoms with Gasteiger partial charge in [0.05, 0.1) is 10.3 Å². The summed E-state index contributed by atoms with van der Waals surface area (Å²) in [6, 6.07) is 3.14. The van der Waals surface area contributed by atoms with Crippen molar-refractivity contribution in [3.8, 4) is 5.75 Å². The first-order valence-electron chi connectivity index (χ1n) is 5.66. The van der Waals surface area contributed by atoms with Crippen LogP contribution in [-0.4, -0.2) is 18.8 Å². The van der Waals surface area contributed by atoms with Crippen molar-refractivity contribution in [1.82, 2.24) is 0 Å². The molecule has 0 spiro atoms. The fourth-order valence-corrected chi connectivity index (χ4v) is 4.81. The van der Waals surface area contributed by atoms with Crippen LogP contribution in [0.5, 0.6) is 5.75 Å². The third-order valence-electron chi connectivity index (χ3n) is 3.31. The quantitative estimate of drug-likeness (QED) is 0.902. The minimum Gasteiger partial charge on any atom is -0.506 e. The maximum absolute atomic E-state index is 12.4. The SMILES string of the molecule is Cc1ccc(Cl)c(S(=O)(=O)C2CCCC2)c1O. The number of hydrogen-bond donors (Lipinski definition) is 1. The molecule has 1 saturated carbocycles. The van der Waals surface area contributed by atoms with Gasteiger partial charge >= 0.3 is 0 Å². The van der Waals surface area contributed by atoms with E-state index < -0.39 is 15.1 Å². The molecule has 1 aromatic carbocycles. The number of phenols is 1. The fourth-order valence-electron chi connectivity index (χ4n) is 2.28.